The molecule has 0 aliphatic carbocycles. The van der Waals surface area contributed by atoms with Gasteiger partial charge in [0.25, 0.3) is 5.56 Å². The number of benzene rings is 1. The van der Waals surface area contributed by atoms with Crippen LogP contribution in [0, 0.1) is 0 Å². The van der Waals surface area contributed by atoms with Gasteiger partial charge in [-0.2, -0.15) is 0 Å². The summed E-state index contributed by atoms with van der Waals surface area (Å²) in [6, 6.07) is 12.6. The van der Waals surface area contributed by atoms with Gasteiger partial charge in [-0.1, -0.05) is 30.0 Å². The molecule has 1 amide bonds. The fraction of sp³-hybridized carbons (Fsp3) is 0.125. The van der Waals surface area contributed by atoms with Crippen LogP contribution in [-0.2, 0) is 11.3 Å². The first-order chi connectivity index (χ1) is 11.1. The van der Waals surface area contributed by atoms with Crippen molar-refractivity contribution in [2.45, 2.75) is 11.7 Å². The van der Waals surface area contributed by atoms with Crippen molar-refractivity contribution in [3.63, 3.8) is 0 Å². The van der Waals surface area contributed by atoms with Crippen molar-refractivity contribution >= 4 is 28.6 Å². The average molecular weight is 326 g/mol. The number of aromatic nitrogens is 3. The van der Waals surface area contributed by atoms with Crippen molar-refractivity contribution in [1.29, 1.82) is 0 Å². The van der Waals surface area contributed by atoms with E-state index < -0.39 is 5.91 Å². The molecule has 0 aliphatic heterocycles. The molecule has 116 valence electrons. The van der Waals surface area contributed by atoms with Gasteiger partial charge in [-0.05, 0) is 24.3 Å². The molecule has 2 heterocycles. The summed E-state index contributed by atoms with van der Waals surface area (Å²) in [7, 11) is 0. The van der Waals surface area contributed by atoms with E-state index in [1.807, 2.05) is 24.3 Å². The van der Waals surface area contributed by atoms with Crippen molar-refractivity contribution in [3.8, 4) is 0 Å². The first-order valence-electron chi connectivity index (χ1n) is 6.96. The number of primary amides is 1. The molecule has 0 spiro atoms. The predicted molar refractivity (Wildman–Crippen MR) is 89.3 cm³/mol. The van der Waals surface area contributed by atoms with Gasteiger partial charge in [0.05, 0.1) is 28.9 Å². The highest BCUT2D eigenvalue weighted by Gasteiger charge is 2.13. The lowest BCUT2D eigenvalue weighted by atomic mass is 10.2. The number of amides is 1. The molecule has 2 N–H and O–H groups in total. The molecule has 3 aromatic rings. The first kappa shape index (κ1) is 15.2. The van der Waals surface area contributed by atoms with Crippen LogP contribution < -0.4 is 11.3 Å². The van der Waals surface area contributed by atoms with Gasteiger partial charge in [-0.25, -0.2) is 4.98 Å². The summed E-state index contributed by atoms with van der Waals surface area (Å²) in [4.78, 5) is 32.6. The van der Waals surface area contributed by atoms with E-state index in [2.05, 4.69) is 9.97 Å². The molecule has 0 saturated carbocycles. The number of fused-ring (bicyclic) bond motifs is 1. The van der Waals surface area contributed by atoms with E-state index in [9.17, 15) is 9.59 Å². The van der Waals surface area contributed by atoms with E-state index in [1.54, 1.807) is 24.4 Å². The molecule has 0 unspecified atom stereocenters. The quantitative estimate of drug-likeness (QED) is 0.565. The maximum Gasteiger partial charge on any atom is 0.262 e. The summed E-state index contributed by atoms with van der Waals surface area (Å²) in [6.07, 6.45) is 1.67. The van der Waals surface area contributed by atoms with Crippen LogP contribution in [0.15, 0.2) is 58.6 Å². The lowest BCUT2D eigenvalue weighted by molar-refractivity contribution is -0.115. The molecule has 23 heavy (non-hydrogen) atoms. The third-order valence-corrected chi connectivity index (χ3v) is 4.22. The van der Waals surface area contributed by atoms with Crippen LogP contribution >= 0.6 is 11.8 Å². The topological polar surface area (TPSA) is 90.9 Å². The SMILES string of the molecule is NC(=O)CSc1nc2ccccc2c(=O)n1Cc1ccccn1. The number of para-hydroxylation sites is 1. The van der Waals surface area contributed by atoms with Gasteiger partial charge >= 0.3 is 0 Å². The summed E-state index contributed by atoms with van der Waals surface area (Å²) in [5.41, 5.74) is 6.39. The van der Waals surface area contributed by atoms with Gasteiger partial charge in [0.15, 0.2) is 5.16 Å². The van der Waals surface area contributed by atoms with Gasteiger partial charge < -0.3 is 5.73 Å². The van der Waals surface area contributed by atoms with E-state index >= 15 is 0 Å². The molecular weight excluding hydrogens is 312 g/mol. The Balaban J connectivity index is 2.11. The van der Waals surface area contributed by atoms with Crippen LogP contribution in [0.4, 0.5) is 0 Å². The largest absolute Gasteiger partial charge is 0.369 e. The Bertz CT molecular complexity index is 909. The summed E-state index contributed by atoms with van der Waals surface area (Å²) >= 11 is 1.15. The Labute approximate surface area is 136 Å². The summed E-state index contributed by atoms with van der Waals surface area (Å²) < 4.78 is 1.53. The number of carbonyl (C=O) groups is 1. The highest BCUT2D eigenvalue weighted by Crippen LogP contribution is 2.18. The van der Waals surface area contributed by atoms with Crippen LogP contribution in [0.3, 0.4) is 0 Å². The van der Waals surface area contributed by atoms with E-state index in [0.717, 1.165) is 17.5 Å². The number of hydrogen-bond acceptors (Lipinski definition) is 5. The number of thioether (sulfide) groups is 1. The monoisotopic (exact) mass is 326 g/mol. The highest BCUT2D eigenvalue weighted by atomic mass is 32.2. The van der Waals surface area contributed by atoms with E-state index in [0.29, 0.717) is 22.6 Å². The maximum absolute atomic E-state index is 12.8. The van der Waals surface area contributed by atoms with E-state index in [1.165, 1.54) is 4.57 Å². The van der Waals surface area contributed by atoms with Crippen LogP contribution in [0.1, 0.15) is 5.69 Å². The van der Waals surface area contributed by atoms with Crippen LogP contribution in [0.5, 0.6) is 0 Å². The maximum atomic E-state index is 12.8. The third-order valence-electron chi connectivity index (χ3n) is 3.22. The molecule has 2 aromatic heterocycles. The zero-order valence-corrected chi connectivity index (χ0v) is 13.0. The Morgan fingerprint density at radius 3 is 2.70 bits per heavy atom. The fourth-order valence-corrected chi connectivity index (χ4v) is 2.92. The molecule has 0 bridgehead atoms. The minimum Gasteiger partial charge on any atom is -0.369 e. The summed E-state index contributed by atoms with van der Waals surface area (Å²) in [5, 5.41) is 0.991. The van der Waals surface area contributed by atoms with Crippen LogP contribution in [0.2, 0.25) is 0 Å². The van der Waals surface area contributed by atoms with Gasteiger partial charge in [-0.15, -0.1) is 0 Å². The lowest BCUT2D eigenvalue weighted by Crippen LogP contribution is -2.25. The molecule has 1 aromatic carbocycles. The second-order valence-corrected chi connectivity index (χ2v) is 5.82. The van der Waals surface area contributed by atoms with Crippen molar-refractivity contribution < 1.29 is 4.79 Å². The molecular formula is C16H14N4O2S. The summed E-state index contributed by atoms with van der Waals surface area (Å²) in [6.45, 7) is 0.290. The number of nitrogens with zero attached hydrogens (tertiary/aromatic N) is 3. The van der Waals surface area contributed by atoms with Crippen LogP contribution in [-0.4, -0.2) is 26.2 Å². The number of pyridine rings is 1. The van der Waals surface area contributed by atoms with E-state index in [4.69, 9.17) is 5.73 Å². The Morgan fingerprint density at radius 1 is 1.17 bits per heavy atom. The predicted octanol–water partition coefficient (Wildman–Crippen LogP) is 1.42. The average Bonchev–Trinajstić information content (AvgIpc) is 2.57. The van der Waals surface area contributed by atoms with Gasteiger partial charge in [-0.3, -0.25) is 19.1 Å². The standard InChI is InChI=1S/C16H14N4O2S/c17-14(21)10-23-16-19-13-7-2-1-6-12(13)15(22)20(16)9-11-5-3-4-8-18-11/h1-8H,9-10H2,(H2,17,21). The molecule has 0 radical (unpaired) electrons. The number of carbonyl (C=O) groups excluding carboxylic acids is 1. The third kappa shape index (κ3) is 3.40. The Hall–Kier alpha value is -2.67. The zero-order valence-electron chi connectivity index (χ0n) is 12.2. The number of rotatable bonds is 5. The first-order valence-corrected chi connectivity index (χ1v) is 7.94. The second-order valence-electron chi connectivity index (χ2n) is 4.88. The number of hydrogen-bond donors (Lipinski definition) is 1. The summed E-state index contributed by atoms with van der Waals surface area (Å²) in [5.74, 6) is -0.394. The normalized spacial score (nSPS) is 10.8. The Kier molecular flexibility index (Phi) is 4.38. The Morgan fingerprint density at radius 2 is 1.96 bits per heavy atom. The molecule has 7 heteroatoms. The van der Waals surface area contributed by atoms with Gasteiger partial charge in [0.1, 0.15) is 0 Å². The minimum atomic E-state index is -0.457. The highest BCUT2D eigenvalue weighted by molar-refractivity contribution is 7.99. The van der Waals surface area contributed by atoms with Gasteiger partial charge in [0.2, 0.25) is 5.91 Å². The van der Waals surface area contributed by atoms with Crippen molar-refractivity contribution in [3.05, 3.63) is 64.7 Å². The minimum absolute atomic E-state index is 0.0625. The van der Waals surface area contributed by atoms with E-state index in [-0.39, 0.29) is 11.3 Å². The zero-order chi connectivity index (χ0) is 16.2. The molecule has 3 rings (SSSR count). The van der Waals surface area contributed by atoms with Crippen molar-refractivity contribution in [1.82, 2.24) is 14.5 Å². The van der Waals surface area contributed by atoms with Crippen molar-refractivity contribution in [2.24, 2.45) is 5.73 Å². The molecule has 6 nitrogen and oxygen atoms in total. The van der Waals surface area contributed by atoms with Crippen LogP contribution in [0.25, 0.3) is 10.9 Å². The molecule has 0 aliphatic rings. The second kappa shape index (κ2) is 6.62. The van der Waals surface area contributed by atoms with Gasteiger partial charge in [0, 0.05) is 6.20 Å². The van der Waals surface area contributed by atoms with Crippen molar-refractivity contribution in [2.75, 3.05) is 5.75 Å². The molecule has 0 fully saturated rings. The molecule has 0 atom stereocenters. The lowest BCUT2D eigenvalue weighted by Gasteiger charge is -2.12. The number of nitrogens with two attached hydrogens (primary N) is 1. The smallest absolute Gasteiger partial charge is 0.262 e. The fourth-order valence-electron chi connectivity index (χ4n) is 2.19. The molecule has 0 saturated heterocycles.